The normalized spacial score (nSPS) is 16.9. The van der Waals surface area contributed by atoms with E-state index in [0.717, 1.165) is 37.1 Å². The zero-order chi connectivity index (χ0) is 15.4. The number of rotatable bonds is 6. The van der Waals surface area contributed by atoms with E-state index in [1.807, 2.05) is 41.3 Å². The van der Waals surface area contributed by atoms with Crippen LogP contribution in [-0.4, -0.2) is 17.4 Å². The van der Waals surface area contributed by atoms with Gasteiger partial charge in [0, 0.05) is 24.2 Å². The van der Waals surface area contributed by atoms with Crippen molar-refractivity contribution in [3.8, 4) is 0 Å². The number of benzene rings is 2. The number of hydrogen-bond acceptors (Lipinski definition) is 2. The van der Waals surface area contributed by atoms with E-state index in [-0.39, 0.29) is 12.1 Å². The summed E-state index contributed by atoms with van der Waals surface area (Å²) in [5.74, 6) is 0.148. The van der Waals surface area contributed by atoms with Gasteiger partial charge in [-0.1, -0.05) is 61.9 Å². The number of nitrogens with zero attached hydrogens (tertiary/aromatic N) is 1. The second-order valence-electron chi connectivity index (χ2n) is 5.71. The van der Waals surface area contributed by atoms with Gasteiger partial charge in [-0.25, -0.2) is 0 Å². The molecule has 1 atom stereocenters. The molecule has 0 bridgehead atoms. The number of amides is 1. The van der Waals surface area contributed by atoms with E-state index in [1.54, 1.807) is 0 Å². The lowest BCUT2D eigenvalue weighted by Gasteiger charge is -2.26. The Kier molecular flexibility index (Phi) is 4.54. The third-order valence-corrected chi connectivity index (χ3v) is 4.15. The number of unbranched alkanes of at least 4 members (excludes halogenated alkanes) is 1. The zero-order valence-corrected chi connectivity index (χ0v) is 13.0. The van der Waals surface area contributed by atoms with E-state index in [2.05, 4.69) is 30.4 Å². The lowest BCUT2D eigenvalue weighted by atomic mass is 10.1. The van der Waals surface area contributed by atoms with Crippen LogP contribution in [0.25, 0.3) is 0 Å². The average Bonchev–Trinajstić information content (AvgIpc) is 2.84. The Labute approximate surface area is 132 Å². The van der Waals surface area contributed by atoms with Crippen molar-refractivity contribution in [2.75, 3.05) is 6.54 Å². The molecule has 2 aromatic carbocycles. The molecule has 1 amide bonds. The van der Waals surface area contributed by atoms with Crippen LogP contribution in [0.2, 0.25) is 0 Å². The van der Waals surface area contributed by atoms with Crippen LogP contribution in [0.5, 0.6) is 0 Å². The van der Waals surface area contributed by atoms with Crippen molar-refractivity contribution in [1.82, 2.24) is 10.2 Å². The maximum Gasteiger partial charge on any atom is 0.255 e. The molecule has 3 nitrogen and oxygen atoms in total. The Bertz CT molecular complexity index is 639. The average molecular weight is 294 g/mol. The molecule has 0 aromatic heterocycles. The van der Waals surface area contributed by atoms with E-state index in [1.165, 1.54) is 5.56 Å². The van der Waals surface area contributed by atoms with Gasteiger partial charge >= 0.3 is 0 Å². The van der Waals surface area contributed by atoms with Crippen LogP contribution in [-0.2, 0) is 6.54 Å². The van der Waals surface area contributed by atoms with Gasteiger partial charge < -0.3 is 4.90 Å². The van der Waals surface area contributed by atoms with Crippen LogP contribution in [0.15, 0.2) is 54.6 Å². The van der Waals surface area contributed by atoms with Gasteiger partial charge in [0.05, 0.1) is 0 Å². The summed E-state index contributed by atoms with van der Waals surface area (Å²) >= 11 is 0. The maximum absolute atomic E-state index is 12.6. The molecular weight excluding hydrogens is 272 g/mol. The molecule has 22 heavy (non-hydrogen) atoms. The summed E-state index contributed by atoms with van der Waals surface area (Å²) in [4.78, 5) is 14.6. The summed E-state index contributed by atoms with van der Waals surface area (Å²) in [5, 5.41) is 3.55. The minimum atomic E-state index is -0.0181. The number of carbonyl (C=O) groups is 1. The fraction of sp³-hybridized carbons (Fsp3) is 0.316. The summed E-state index contributed by atoms with van der Waals surface area (Å²) in [5.41, 5.74) is 3.17. The standard InChI is InChI=1S/C19H22N2O/c1-2-3-13-21-18(20-14-15-9-5-4-6-10-15)16-11-7-8-12-17(16)19(21)22/h4-12,18,20H,2-3,13-14H2,1H3. The lowest BCUT2D eigenvalue weighted by Crippen LogP contribution is -2.37. The molecule has 3 rings (SSSR count). The van der Waals surface area contributed by atoms with Gasteiger partial charge in [-0.3, -0.25) is 10.1 Å². The first-order valence-electron chi connectivity index (χ1n) is 7.98. The highest BCUT2D eigenvalue weighted by atomic mass is 16.2. The molecule has 3 heteroatoms. The van der Waals surface area contributed by atoms with E-state index in [9.17, 15) is 4.79 Å². The SMILES string of the molecule is CCCCN1C(=O)c2ccccc2C1NCc1ccccc1. The predicted molar refractivity (Wildman–Crippen MR) is 88.4 cm³/mol. The number of fused-ring (bicyclic) bond motifs is 1. The van der Waals surface area contributed by atoms with Crippen molar-refractivity contribution in [1.29, 1.82) is 0 Å². The van der Waals surface area contributed by atoms with Gasteiger partial charge in [0.1, 0.15) is 6.17 Å². The summed E-state index contributed by atoms with van der Waals surface area (Å²) < 4.78 is 0. The van der Waals surface area contributed by atoms with Crippen molar-refractivity contribution in [2.45, 2.75) is 32.5 Å². The number of carbonyl (C=O) groups excluding carboxylic acids is 1. The van der Waals surface area contributed by atoms with Gasteiger partial charge in [0.2, 0.25) is 0 Å². The molecule has 0 fully saturated rings. The second-order valence-corrected chi connectivity index (χ2v) is 5.71. The van der Waals surface area contributed by atoms with Crippen LogP contribution in [0, 0.1) is 0 Å². The van der Waals surface area contributed by atoms with Crippen LogP contribution >= 0.6 is 0 Å². The minimum Gasteiger partial charge on any atom is -0.319 e. The summed E-state index contributed by atoms with van der Waals surface area (Å²) in [6, 6.07) is 18.2. The summed E-state index contributed by atoms with van der Waals surface area (Å²) in [6.07, 6.45) is 2.10. The van der Waals surface area contributed by atoms with E-state index < -0.39 is 0 Å². The van der Waals surface area contributed by atoms with Crippen molar-refractivity contribution in [3.05, 3.63) is 71.3 Å². The Balaban J connectivity index is 1.80. The van der Waals surface area contributed by atoms with Crippen LogP contribution < -0.4 is 5.32 Å². The van der Waals surface area contributed by atoms with E-state index in [0.29, 0.717) is 0 Å². The molecule has 2 aromatic rings. The summed E-state index contributed by atoms with van der Waals surface area (Å²) in [6.45, 7) is 3.71. The van der Waals surface area contributed by atoms with Crippen molar-refractivity contribution in [3.63, 3.8) is 0 Å². The molecule has 0 spiro atoms. The monoisotopic (exact) mass is 294 g/mol. The third-order valence-electron chi connectivity index (χ3n) is 4.15. The van der Waals surface area contributed by atoms with Gasteiger partial charge in [0.15, 0.2) is 0 Å². The van der Waals surface area contributed by atoms with E-state index >= 15 is 0 Å². The number of nitrogens with one attached hydrogen (secondary N) is 1. The largest absolute Gasteiger partial charge is 0.319 e. The maximum atomic E-state index is 12.6. The molecular formula is C19H22N2O. The fourth-order valence-electron chi connectivity index (χ4n) is 2.96. The van der Waals surface area contributed by atoms with Gasteiger partial charge in [-0.2, -0.15) is 0 Å². The molecule has 0 aliphatic carbocycles. The Morgan fingerprint density at radius 3 is 2.55 bits per heavy atom. The topological polar surface area (TPSA) is 32.3 Å². The molecule has 1 N–H and O–H groups in total. The van der Waals surface area contributed by atoms with Gasteiger partial charge in [-0.15, -0.1) is 0 Å². The van der Waals surface area contributed by atoms with Crippen molar-refractivity contribution in [2.24, 2.45) is 0 Å². The first kappa shape index (κ1) is 14.8. The second kappa shape index (κ2) is 6.75. The fourth-order valence-corrected chi connectivity index (χ4v) is 2.96. The van der Waals surface area contributed by atoms with Crippen LogP contribution in [0.4, 0.5) is 0 Å². The Morgan fingerprint density at radius 2 is 1.77 bits per heavy atom. The van der Waals surface area contributed by atoms with E-state index in [4.69, 9.17) is 0 Å². The van der Waals surface area contributed by atoms with Gasteiger partial charge in [0.25, 0.3) is 5.91 Å². The molecule has 1 heterocycles. The quantitative estimate of drug-likeness (QED) is 0.880. The highest BCUT2D eigenvalue weighted by Crippen LogP contribution is 2.32. The molecule has 1 aliphatic heterocycles. The minimum absolute atomic E-state index is 0.0181. The first-order valence-corrected chi connectivity index (χ1v) is 7.98. The van der Waals surface area contributed by atoms with Crippen LogP contribution in [0.1, 0.15) is 47.4 Å². The predicted octanol–water partition coefficient (Wildman–Crippen LogP) is 3.73. The first-order chi connectivity index (χ1) is 10.8. The molecule has 0 radical (unpaired) electrons. The molecule has 1 aliphatic rings. The molecule has 0 saturated carbocycles. The summed E-state index contributed by atoms with van der Waals surface area (Å²) in [7, 11) is 0. The Morgan fingerprint density at radius 1 is 1.05 bits per heavy atom. The highest BCUT2D eigenvalue weighted by Gasteiger charge is 2.35. The molecule has 0 saturated heterocycles. The zero-order valence-electron chi connectivity index (χ0n) is 13.0. The Hall–Kier alpha value is -2.13. The smallest absolute Gasteiger partial charge is 0.255 e. The van der Waals surface area contributed by atoms with Crippen molar-refractivity contribution < 1.29 is 4.79 Å². The molecule has 114 valence electrons. The van der Waals surface area contributed by atoms with Crippen molar-refractivity contribution >= 4 is 5.91 Å². The number of hydrogen-bond donors (Lipinski definition) is 1. The van der Waals surface area contributed by atoms with Crippen LogP contribution in [0.3, 0.4) is 0 Å². The lowest BCUT2D eigenvalue weighted by molar-refractivity contribution is 0.0690. The third kappa shape index (κ3) is 2.90. The van der Waals surface area contributed by atoms with Gasteiger partial charge in [-0.05, 0) is 18.1 Å². The molecule has 1 unspecified atom stereocenters. The highest BCUT2D eigenvalue weighted by molar-refractivity contribution is 5.99.